The molecule has 0 fully saturated rings. The Balaban J connectivity index is 1.75. The van der Waals surface area contributed by atoms with Gasteiger partial charge in [-0.3, -0.25) is 14.5 Å². The minimum absolute atomic E-state index is 0.0613. The number of hydrogen-bond acceptors (Lipinski definition) is 4. The molecular formula is C30H47N5O2. The van der Waals surface area contributed by atoms with Gasteiger partial charge < -0.3 is 14.8 Å². The predicted octanol–water partition coefficient (Wildman–Crippen LogP) is 5.60. The Kier molecular flexibility index (Phi) is 11.2. The maximum Gasteiger partial charge on any atom is 0.251 e. The molecule has 0 aliphatic carbocycles. The molecule has 1 aliphatic heterocycles. The van der Waals surface area contributed by atoms with Gasteiger partial charge >= 0.3 is 0 Å². The molecule has 37 heavy (non-hydrogen) atoms. The summed E-state index contributed by atoms with van der Waals surface area (Å²) < 4.78 is 2.16. The largest absolute Gasteiger partial charge is 0.352 e. The van der Waals surface area contributed by atoms with Crippen LogP contribution in [0.1, 0.15) is 101 Å². The van der Waals surface area contributed by atoms with E-state index in [1.807, 2.05) is 35.5 Å². The van der Waals surface area contributed by atoms with Crippen molar-refractivity contribution >= 4 is 17.5 Å². The number of aryl methyl sites for hydroxylation is 1. The molecule has 0 unspecified atom stereocenters. The number of anilines is 1. The van der Waals surface area contributed by atoms with Gasteiger partial charge in [-0.25, -0.2) is 4.98 Å². The average molecular weight is 510 g/mol. The fourth-order valence-electron chi connectivity index (χ4n) is 5.26. The lowest BCUT2D eigenvalue weighted by atomic mass is 10.0. The lowest BCUT2D eigenvalue weighted by molar-refractivity contribution is -0.116. The third-order valence-electron chi connectivity index (χ3n) is 7.01. The summed E-state index contributed by atoms with van der Waals surface area (Å²) in [5.41, 5.74) is 2.66. The average Bonchev–Trinajstić information content (AvgIpc) is 3.31. The maximum atomic E-state index is 13.1. The second kappa shape index (κ2) is 14.3. The van der Waals surface area contributed by atoms with Crippen LogP contribution in [0, 0.1) is 5.92 Å². The molecule has 1 aromatic carbocycles. The first-order chi connectivity index (χ1) is 17.8. The third kappa shape index (κ3) is 8.70. The molecule has 2 amide bonds. The quantitative estimate of drug-likeness (QED) is 0.470. The van der Waals surface area contributed by atoms with E-state index in [1.165, 1.54) is 19.3 Å². The molecule has 2 aromatic rings. The van der Waals surface area contributed by atoms with Crippen LogP contribution in [0.2, 0.25) is 0 Å². The van der Waals surface area contributed by atoms with Crippen LogP contribution in [-0.2, 0) is 17.9 Å². The van der Waals surface area contributed by atoms with Crippen molar-refractivity contribution in [3.8, 4) is 0 Å². The number of nitrogens with one attached hydrogen (secondary N) is 1. The number of fused-ring (bicyclic) bond motifs is 1. The van der Waals surface area contributed by atoms with Crippen molar-refractivity contribution in [2.45, 2.75) is 92.2 Å². The summed E-state index contributed by atoms with van der Waals surface area (Å²) in [6.45, 7) is 15.4. The Morgan fingerprint density at radius 1 is 1.03 bits per heavy atom. The Bertz CT molecular complexity index is 1010. The van der Waals surface area contributed by atoms with Crippen molar-refractivity contribution in [2.24, 2.45) is 5.92 Å². The standard InChI is InChI=1S/C30H47N5O2/c1-23(2)21-33-16-9-7-6-8-10-18-35(25(5)36)28-13-12-26(20-27(28)22-33)30(37)32-14-11-17-34-19-15-31-29(34)24(3)4/h12-13,15,19-20,23-24H,6-11,14,16-18,21-22H2,1-5H3,(H,32,37). The van der Waals surface area contributed by atoms with E-state index in [1.54, 1.807) is 6.92 Å². The molecule has 0 bridgehead atoms. The first-order valence-corrected chi connectivity index (χ1v) is 14.2. The van der Waals surface area contributed by atoms with E-state index in [9.17, 15) is 9.59 Å². The van der Waals surface area contributed by atoms with E-state index in [0.717, 1.165) is 69.1 Å². The first-order valence-electron chi connectivity index (χ1n) is 14.2. The molecular weight excluding hydrogens is 462 g/mol. The van der Waals surface area contributed by atoms with Crippen LogP contribution in [0.25, 0.3) is 0 Å². The number of carbonyl (C=O) groups is 2. The van der Waals surface area contributed by atoms with Gasteiger partial charge in [0.25, 0.3) is 5.91 Å². The summed E-state index contributed by atoms with van der Waals surface area (Å²) in [6, 6.07) is 5.85. The summed E-state index contributed by atoms with van der Waals surface area (Å²) >= 11 is 0. The van der Waals surface area contributed by atoms with Crippen molar-refractivity contribution in [3.63, 3.8) is 0 Å². The summed E-state index contributed by atoms with van der Waals surface area (Å²) in [4.78, 5) is 34.6. The van der Waals surface area contributed by atoms with Gasteiger partial charge in [-0.2, -0.15) is 0 Å². The highest BCUT2D eigenvalue weighted by atomic mass is 16.2. The summed E-state index contributed by atoms with van der Waals surface area (Å²) in [5.74, 6) is 2.01. The molecule has 0 saturated carbocycles. The van der Waals surface area contributed by atoms with Crippen molar-refractivity contribution in [1.82, 2.24) is 19.8 Å². The molecule has 204 valence electrons. The van der Waals surface area contributed by atoms with Crippen molar-refractivity contribution in [2.75, 3.05) is 31.1 Å². The molecule has 0 saturated heterocycles. The highest BCUT2D eigenvalue weighted by molar-refractivity contribution is 5.97. The second-order valence-electron chi connectivity index (χ2n) is 11.2. The minimum atomic E-state index is -0.0617. The lowest BCUT2D eigenvalue weighted by Crippen LogP contribution is -2.34. The SMILES string of the molecule is CC(=O)N1CCCCCCCN(CC(C)C)Cc2cc(C(=O)NCCCn3ccnc3C(C)C)ccc21. The van der Waals surface area contributed by atoms with Gasteiger partial charge in [0.2, 0.25) is 5.91 Å². The molecule has 0 radical (unpaired) electrons. The lowest BCUT2D eigenvalue weighted by Gasteiger charge is -2.30. The number of nitrogens with zero attached hydrogens (tertiary/aromatic N) is 4. The van der Waals surface area contributed by atoms with Crippen LogP contribution < -0.4 is 10.2 Å². The normalized spacial score (nSPS) is 15.8. The minimum Gasteiger partial charge on any atom is -0.352 e. The number of benzene rings is 1. The number of amides is 2. The monoisotopic (exact) mass is 509 g/mol. The topological polar surface area (TPSA) is 70.5 Å². The van der Waals surface area contributed by atoms with E-state index in [4.69, 9.17) is 0 Å². The number of carbonyl (C=O) groups excluding carboxylic acids is 2. The second-order valence-corrected chi connectivity index (χ2v) is 11.2. The van der Waals surface area contributed by atoms with Crippen LogP contribution in [0.15, 0.2) is 30.6 Å². The van der Waals surface area contributed by atoms with Gasteiger partial charge in [-0.05, 0) is 55.5 Å². The Labute approximate surface area is 223 Å². The van der Waals surface area contributed by atoms with E-state index in [2.05, 4.69) is 47.5 Å². The van der Waals surface area contributed by atoms with E-state index in [-0.39, 0.29) is 11.8 Å². The van der Waals surface area contributed by atoms with Gasteiger partial charge in [0.15, 0.2) is 0 Å². The number of aromatic nitrogens is 2. The zero-order chi connectivity index (χ0) is 26.8. The third-order valence-corrected chi connectivity index (χ3v) is 7.01. The fourth-order valence-corrected chi connectivity index (χ4v) is 5.26. The first kappa shape index (κ1) is 28.9. The molecule has 2 heterocycles. The molecule has 1 N–H and O–H groups in total. The number of rotatable bonds is 8. The molecule has 0 spiro atoms. The van der Waals surface area contributed by atoms with Gasteiger partial charge in [0.05, 0.1) is 0 Å². The van der Waals surface area contributed by atoms with Crippen LogP contribution in [0.5, 0.6) is 0 Å². The van der Waals surface area contributed by atoms with Crippen LogP contribution in [0.3, 0.4) is 0 Å². The summed E-state index contributed by atoms with van der Waals surface area (Å²) in [7, 11) is 0. The highest BCUT2D eigenvalue weighted by Crippen LogP contribution is 2.26. The van der Waals surface area contributed by atoms with Gasteiger partial charge in [-0.1, -0.05) is 47.0 Å². The Morgan fingerprint density at radius 2 is 1.76 bits per heavy atom. The summed E-state index contributed by atoms with van der Waals surface area (Å²) in [5, 5.41) is 3.10. The van der Waals surface area contributed by atoms with Crippen LogP contribution in [-0.4, -0.2) is 52.4 Å². The maximum absolute atomic E-state index is 13.1. The molecule has 7 heteroatoms. The van der Waals surface area contributed by atoms with E-state index >= 15 is 0 Å². The van der Waals surface area contributed by atoms with Crippen LogP contribution >= 0.6 is 0 Å². The van der Waals surface area contributed by atoms with Crippen molar-refractivity contribution in [1.29, 1.82) is 0 Å². The van der Waals surface area contributed by atoms with Crippen molar-refractivity contribution < 1.29 is 9.59 Å². The van der Waals surface area contributed by atoms with Crippen molar-refractivity contribution in [3.05, 3.63) is 47.5 Å². The highest BCUT2D eigenvalue weighted by Gasteiger charge is 2.20. The van der Waals surface area contributed by atoms with Gasteiger partial charge in [-0.15, -0.1) is 0 Å². The Hall–Kier alpha value is -2.67. The molecule has 0 atom stereocenters. The zero-order valence-electron chi connectivity index (χ0n) is 23.6. The van der Waals surface area contributed by atoms with E-state index in [0.29, 0.717) is 23.9 Å². The molecule has 1 aliphatic rings. The van der Waals surface area contributed by atoms with Gasteiger partial charge in [0.1, 0.15) is 5.82 Å². The number of imidazole rings is 1. The fraction of sp³-hybridized carbons (Fsp3) is 0.633. The summed E-state index contributed by atoms with van der Waals surface area (Å²) in [6.07, 6.45) is 10.5. The Morgan fingerprint density at radius 3 is 2.46 bits per heavy atom. The smallest absolute Gasteiger partial charge is 0.251 e. The van der Waals surface area contributed by atoms with E-state index < -0.39 is 0 Å². The van der Waals surface area contributed by atoms with Crippen LogP contribution in [0.4, 0.5) is 5.69 Å². The molecule has 1 aromatic heterocycles. The zero-order valence-corrected chi connectivity index (χ0v) is 23.6. The predicted molar refractivity (Wildman–Crippen MR) is 151 cm³/mol. The van der Waals surface area contributed by atoms with Gasteiger partial charge in [0, 0.05) is 69.2 Å². The molecule has 3 rings (SSSR count). The number of hydrogen-bond donors (Lipinski definition) is 1. The molecule has 7 nitrogen and oxygen atoms in total.